The van der Waals surface area contributed by atoms with Crippen molar-refractivity contribution in [3.05, 3.63) is 58.7 Å². The minimum Gasteiger partial charge on any atom is -0.483 e. The number of hydrogen-bond donors (Lipinski definition) is 0. The number of ketones is 1. The molecule has 0 amide bonds. The summed E-state index contributed by atoms with van der Waals surface area (Å²) >= 11 is 0. The van der Waals surface area contributed by atoms with Crippen LogP contribution >= 0.6 is 0 Å². The number of nitrogens with zero attached hydrogens (tertiary/aromatic N) is 2. The number of Topliss-reactive ketones (excluding diaryl/α,β-unsaturated/α-hetero) is 1. The van der Waals surface area contributed by atoms with Gasteiger partial charge in [0.1, 0.15) is 17.4 Å². The molecular weight excluding hydrogens is 328 g/mol. The molecule has 0 saturated heterocycles. The van der Waals surface area contributed by atoms with E-state index in [0.29, 0.717) is 36.4 Å². The quantitative estimate of drug-likeness (QED) is 0.601. The van der Waals surface area contributed by atoms with Gasteiger partial charge in [-0.15, -0.1) is 0 Å². The maximum atomic E-state index is 12.9. The van der Waals surface area contributed by atoms with Gasteiger partial charge < -0.3 is 9.47 Å². The molecule has 0 bridgehead atoms. The largest absolute Gasteiger partial charge is 0.483 e. The van der Waals surface area contributed by atoms with E-state index >= 15 is 0 Å². The van der Waals surface area contributed by atoms with Gasteiger partial charge in [0.25, 0.3) is 0 Å². The molecule has 26 heavy (non-hydrogen) atoms. The van der Waals surface area contributed by atoms with Gasteiger partial charge in [0.05, 0.1) is 12.5 Å². The van der Waals surface area contributed by atoms with Crippen molar-refractivity contribution in [3.8, 4) is 6.07 Å². The standard InChI is InChI=1S/C21H22N2O3/c1-4-25-13-23-20-15(12-22)18(14-8-6-5-7-9-14)19-16(24)10-21(2,3)11-17(19)26-20/h5-9,13,18H,4,10-11H2,1-3H3/b23-13+. The number of allylic oxidation sites excluding steroid dienone is 3. The van der Waals surface area contributed by atoms with Crippen molar-refractivity contribution in [3.63, 3.8) is 0 Å². The fourth-order valence-electron chi connectivity index (χ4n) is 3.48. The highest BCUT2D eigenvalue weighted by Gasteiger charge is 2.43. The van der Waals surface area contributed by atoms with Gasteiger partial charge in [0.2, 0.25) is 5.88 Å². The number of carbonyl (C=O) groups is 1. The Morgan fingerprint density at radius 3 is 2.73 bits per heavy atom. The van der Waals surface area contributed by atoms with Crippen molar-refractivity contribution in [2.45, 2.75) is 39.5 Å². The average molecular weight is 350 g/mol. The van der Waals surface area contributed by atoms with Crippen LogP contribution < -0.4 is 0 Å². The average Bonchev–Trinajstić information content (AvgIpc) is 2.60. The molecule has 0 N–H and O–H groups in total. The number of carbonyl (C=O) groups excluding carboxylic acids is 1. The van der Waals surface area contributed by atoms with Gasteiger partial charge in [-0.25, -0.2) is 0 Å². The molecule has 134 valence electrons. The number of hydrogen-bond acceptors (Lipinski definition) is 5. The van der Waals surface area contributed by atoms with Gasteiger partial charge in [-0.2, -0.15) is 10.3 Å². The molecule has 0 spiro atoms. The number of nitriles is 1. The van der Waals surface area contributed by atoms with Crippen molar-refractivity contribution < 1.29 is 14.3 Å². The van der Waals surface area contributed by atoms with Crippen LogP contribution in [0, 0.1) is 16.7 Å². The summed E-state index contributed by atoms with van der Waals surface area (Å²) in [6.45, 7) is 6.41. The minimum atomic E-state index is -0.456. The van der Waals surface area contributed by atoms with E-state index in [1.165, 1.54) is 6.40 Å². The zero-order chi connectivity index (χ0) is 18.7. The first kappa shape index (κ1) is 17.9. The van der Waals surface area contributed by atoms with E-state index in [0.717, 1.165) is 5.56 Å². The van der Waals surface area contributed by atoms with E-state index in [-0.39, 0.29) is 17.1 Å². The Morgan fingerprint density at radius 2 is 2.08 bits per heavy atom. The fraction of sp³-hybridized carbons (Fsp3) is 0.381. The van der Waals surface area contributed by atoms with Crippen LogP contribution in [-0.4, -0.2) is 18.8 Å². The van der Waals surface area contributed by atoms with Crippen LogP contribution in [0.15, 0.2) is 58.1 Å². The second-order valence-electron chi connectivity index (χ2n) is 7.24. The van der Waals surface area contributed by atoms with Crippen LogP contribution in [0.4, 0.5) is 0 Å². The van der Waals surface area contributed by atoms with Crippen molar-refractivity contribution >= 4 is 12.2 Å². The second-order valence-corrected chi connectivity index (χ2v) is 7.24. The van der Waals surface area contributed by atoms with Crippen LogP contribution in [0.3, 0.4) is 0 Å². The summed E-state index contributed by atoms with van der Waals surface area (Å²) in [6, 6.07) is 11.8. The summed E-state index contributed by atoms with van der Waals surface area (Å²) in [4.78, 5) is 17.1. The normalized spacial score (nSPS) is 22.1. The Labute approximate surface area is 153 Å². The number of rotatable bonds is 4. The second kappa shape index (κ2) is 7.17. The molecule has 0 saturated carbocycles. The molecule has 5 heteroatoms. The first-order valence-corrected chi connectivity index (χ1v) is 8.74. The highest BCUT2D eigenvalue weighted by molar-refractivity contribution is 6.00. The molecule has 5 nitrogen and oxygen atoms in total. The first-order chi connectivity index (χ1) is 12.5. The zero-order valence-electron chi connectivity index (χ0n) is 15.3. The third kappa shape index (κ3) is 3.41. The third-order valence-corrected chi connectivity index (χ3v) is 4.57. The molecule has 0 radical (unpaired) electrons. The van der Waals surface area contributed by atoms with E-state index in [9.17, 15) is 10.1 Å². The SMILES string of the molecule is CCO/C=N/C1=C(C#N)C(c2ccccc2)C2=C(CC(C)(C)CC2=O)O1. The number of benzene rings is 1. The minimum absolute atomic E-state index is 0.0330. The van der Waals surface area contributed by atoms with Gasteiger partial charge >= 0.3 is 0 Å². The molecule has 1 heterocycles. The third-order valence-electron chi connectivity index (χ3n) is 4.57. The fourth-order valence-corrected chi connectivity index (χ4v) is 3.48. The van der Waals surface area contributed by atoms with Crippen molar-refractivity contribution in [1.82, 2.24) is 0 Å². The van der Waals surface area contributed by atoms with Crippen LogP contribution in [0.1, 0.15) is 45.1 Å². The highest BCUT2D eigenvalue weighted by Crippen LogP contribution is 2.48. The summed E-state index contributed by atoms with van der Waals surface area (Å²) in [5, 5.41) is 9.79. The van der Waals surface area contributed by atoms with E-state index in [4.69, 9.17) is 9.47 Å². The summed E-state index contributed by atoms with van der Waals surface area (Å²) < 4.78 is 11.1. The Morgan fingerprint density at radius 1 is 1.35 bits per heavy atom. The lowest BCUT2D eigenvalue weighted by atomic mass is 9.70. The molecular formula is C21H22N2O3. The maximum absolute atomic E-state index is 12.9. The van der Waals surface area contributed by atoms with E-state index in [2.05, 4.69) is 11.1 Å². The molecule has 0 aromatic heterocycles. The molecule has 1 aromatic carbocycles. The zero-order valence-corrected chi connectivity index (χ0v) is 15.3. The highest BCUT2D eigenvalue weighted by atomic mass is 16.5. The van der Waals surface area contributed by atoms with E-state index < -0.39 is 5.92 Å². The van der Waals surface area contributed by atoms with Crippen LogP contribution in [0.2, 0.25) is 0 Å². The molecule has 2 aliphatic rings. The molecule has 1 atom stereocenters. The van der Waals surface area contributed by atoms with Crippen LogP contribution in [-0.2, 0) is 14.3 Å². The number of ether oxygens (including phenoxy) is 2. The lowest BCUT2D eigenvalue weighted by molar-refractivity contribution is -0.119. The predicted molar refractivity (Wildman–Crippen MR) is 98.1 cm³/mol. The van der Waals surface area contributed by atoms with E-state index in [1.54, 1.807) is 0 Å². The van der Waals surface area contributed by atoms with E-state index in [1.807, 2.05) is 51.1 Å². The first-order valence-electron chi connectivity index (χ1n) is 8.74. The van der Waals surface area contributed by atoms with Gasteiger partial charge in [0, 0.05) is 18.4 Å². The number of aliphatic imine (C=N–C) groups is 1. The molecule has 0 fully saturated rings. The lowest BCUT2D eigenvalue weighted by Gasteiger charge is -2.37. The Hall–Kier alpha value is -2.87. The van der Waals surface area contributed by atoms with Gasteiger partial charge in [-0.3, -0.25) is 4.79 Å². The van der Waals surface area contributed by atoms with Crippen molar-refractivity contribution in [2.75, 3.05) is 6.61 Å². The Balaban J connectivity index is 2.15. The van der Waals surface area contributed by atoms with Gasteiger partial charge in [-0.1, -0.05) is 44.2 Å². The molecule has 1 unspecified atom stereocenters. The summed E-state index contributed by atoms with van der Waals surface area (Å²) in [6.07, 6.45) is 2.36. The maximum Gasteiger partial charge on any atom is 0.236 e. The predicted octanol–water partition coefficient (Wildman–Crippen LogP) is 4.24. The van der Waals surface area contributed by atoms with Crippen molar-refractivity contribution in [2.24, 2.45) is 10.4 Å². The van der Waals surface area contributed by atoms with Crippen LogP contribution in [0.5, 0.6) is 0 Å². The Bertz CT molecular complexity index is 842. The summed E-state index contributed by atoms with van der Waals surface area (Å²) in [7, 11) is 0. The Kier molecular flexibility index (Phi) is 4.94. The van der Waals surface area contributed by atoms with Gasteiger partial charge in [0.15, 0.2) is 12.2 Å². The smallest absolute Gasteiger partial charge is 0.236 e. The van der Waals surface area contributed by atoms with Crippen LogP contribution in [0.25, 0.3) is 0 Å². The molecule has 1 aliphatic carbocycles. The molecule has 1 aliphatic heterocycles. The summed E-state index contributed by atoms with van der Waals surface area (Å²) in [5.41, 5.74) is 1.62. The molecule has 3 rings (SSSR count). The molecule has 1 aromatic rings. The van der Waals surface area contributed by atoms with Crippen molar-refractivity contribution in [1.29, 1.82) is 5.26 Å². The monoisotopic (exact) mass is 350 g/mol. The summed E-state index contributed by atoms with van der Waals surface area (Å²) in [5.74, 6) is 0.398. The lowest BCUT2D eigenvalue weighted by Crippen LogP contribution is -2.32. The topological polar surface area (TPSA) is 71.7 Å². The van der Waals surface area contributed by atoms with Gasteiger partial charge in [-0.05, 0) is 17.9 Å².